The predicted octanol–water partition coefficient (Wildman–Crippen LogP) is 2.50. The van der Waals surface area contributed by atoms with Crippen LogP contribution in [0.15, 0.2) is 30.5 Å². The molecular weight excluding hydrogens is 230 g/mol. The quantitative estimate of drug-likeness (QED) is 0.771. The Labute approximate surface area is 105 Å². The third-order valence-corrected chi connectivity index (χ3v) is 3.08. The average molecular weight is 247 g/mol. The number of nitrogens with zero attached hydrogens (tertiary/aromatic N) is 1. The van der Waals surface area contributed by atoms with Crippen molar-refractivity contribution in [1.82, 2.24) is 4.57 Å². The molecule has 0 bridgehead atoms. The molecule has 1 heterocycles. The van der Waals surface area contributed by atoms with Crippen LogP contribution < -0.4 is 0 Å². The van der Waals surface area contributed by atoms with E-state index in [0.29, 0.717) is 5.56 Å². The Bertz CT molecular complexity index is 545. The third-order valence-electron chi connectivity index (χ3n) is 3.08. The van der Waals surface area contributed by atoms with Gasteiger partial charge in [0.1, 0.15) is 0 Å². The maximum atomic E-state index is 10.9. The Hall–Kier alpha value is -1.81. The number of aromatic carboxylic acids is 1. The Morgan fingerprint density at radius 1 is 1.17 bits per heavy atom. The van der Waals surface area contributed by atoms with Gasteiger partial charge in [-0.1, -0.05) is 6.07 Å². The molecule has 2 rings (SSSR count). The first kappa shape index (κ1) is 12.6. The molecule has 0 unspecified atom stereocenters. The largest absolute Gasteiger partial charge is 0.478 e. The number of aromatic nitrogens is 1. The average Bonchev–Trinajstić information content (AvgIpc) is 2.77. The summed E-state index contributed by atoms with van der Waals surface area (Å²) in [7, 11) is 0. The molecule has 0 amide bonds. The van der Waals surface area contributed by atoms with Gasteiger partial charge < -0.3 is 14.8 Å². The van der Waals surface area contributed by atoms with Gasteiger partial charge in [-0.3, -0.25) is 0 Å². The lowest BCUT2D eigenvalue weighted by Gasteiger charge is -2.05. The van der Waals surface area contributed by atoms with Crippen molar-refractivity contribution < 1.29 is 15.0 Å². The smallest absolute Gasteiger partial charge is 0.335 e. The lowest BCUT2D eigenvalue weighted by Crippen LogP contribution is -1.99. The first-order valence-electron chi connectivity index (χ1n) is 6.15. The van der Waals surface area contributed by atoms with Gasteiger partial charge in [-0.15, -0.1) is 0 Å². The number of aliphatic hydroxyl groups excluding tert-OH is 1. The highest BCUT2D eigenvalue weighted by Gasteiger charge is 2.06. The number of aryl methyl sites for hydroxylation is 1. The van der Waals surface area contributed by atoms with Crippen LogP contribution in [-0.4, -0.2) is 27.4 Å². The zero-order chi connectivity index (χ0) is 13.0. The van der Waals surface area contributed by atoms with Gasteiger partial charge in [0, 0.05) is 24.9 Å². The Morgan fingerprint density at radius 2 is 2.00 bits per heavy atom. The number of aliphatic hydroxyl groups is 1. The van der Waals surface area contributed by atoms with E-state index in [1.165, 1.54) is 0 Å². The first-order chi connectivity index (χ1) is 8.72. The van der Waals surface area contributed by atoms with E-state index in [2.05, 4.69) is 4.57 Å². The SMILES string of the molecule is O=C(O)c1ccc2ccn(CCCCCO)c2c1. The minimum Gasteiger partial charge on any atom is -0.478 e. The molecule has 0 radical (unpaired) electrons. The van der Waals surface area contributed by atoms with E-state index >= 15 is 0 Å². The summed E-state index contributed by atoms with van der Waals surface area (Å²) in [6.45, 7) is 1.09. The Kier molecular flexibility index (Phi) is 3.99. The summed E-state index contributed by atoms with van der Waals surface area (Å²) in [4.78, 5) is 10.9. The Balaban J connectivity index is 2.17. The number of hydrogen-bond donors (Lipinski definition) is 2. The zero-order valence-corrected chi connectivity index (χ0v) is 10.2. The van der Waals surface area contributed by atoms with E-state index in [9.17, 15) is 4.79 Å². The van der Waals surface area contributed by atoms with Crippen LogP contribution in [-0.2, 0) is 6.54 Å². The highest BCUT2D eigenvalue weighted by Crippen LogP contribution is 2.18. The zero-order valence-electron chi connectivity index (χ0n) is 10.2. The van der Waals surface area contributed by atoms with Crippen LogP contribution in [0.1, 0.15) is 29.6 Å². The maximum absolute atomic E-state index is 10.9. The minimum atomic E-state index is -0.898. The van der Waals surface area contributed by atoms with Crippen molar-refractivity contribution in [2.75, 3.05) is 6.61 Å². The fourth-order valence-electron chi connectivity index (χ4n) is 2.08. The molecular formula is C14H17NO3. The van der Waals surface area contributed by atoms with Crippen LogP contribution in [0.2, 0.25) is 0 Å². The van der Waals surface area contributed by atoms with E-state index in [1.54, 1.807) is 12.1 Å². The molecule has 96 valence electrons. The van der Waals surface area contributed by atoms with E-state index in [4.69, 9.17) is 10.2 Å². The third kappa shape index (κ3) is 2.71. The second-order valence-corrected chi connectivity index (χ2v) is 4.37. The standard InChI is InChI=1S/C14H17NO3/c16-9-3-1-2-7-15-8-6-11-4-5-12(14(17)18)10-13(11)15/h4-6,8,10,16H,1-3,7,9H2,(H,17,18). The molecule has 4 nitrogen and oxygen atoms in total. The lowest BCUT2D eigenvalue weighted by molar-refractivity contribution is 0.0697. The first-order valence-corrected chi connectivity index (χ1v) is 6.15. The van der Waals surface area contributed by atoms with Crippen molar-refractivity contribution in [3.05, 3.63) is 36.0 Å². The summed E-state index contributed by atoms with van der Waals surface area (Å²) < 4.78 is 2.07. The molecule has 2 N–H and O–H groups in total. The van der Waals surface area contributed by atoms with Gasteiger partial charge in [-0.05, 0) is 42.8 Å². The van der Waals surface area contributed by atoms with Crippen LogP contribution in [0.4, 0.5) is 0 Å². The molecule has 0 spiro atoms. The number of carbonyl (C=O) groups is 1. The number of carboxylic acid groups (broad SMARTS) is 1. The highest BCUT2D eigenvalue weighted by atomic mass is 16.4. The fourth-order valence-corrected chi connectivity index (χ4v) is 2.08. The Morgan fingerprint density at radius 3 is 2.72 bits per heavy atom. The van der Waals surface area contributed by atoms with Gasteiger partial charge in [-0.25, -0.2) is 4.79 Å². The van der Waals surface area contributed by atoms with Crippen molar-refractivity contribution in [3.8, 4) is 0 Å². The summed E-state index contributed by atoms with van der Waals surface area (Å²) in [6.07, 6.45) is 4.77. The predicted molar refractivity (Wildman–Crippen MR) is 69.8 cm³/mol. The second-order valence-electron chi connectivity index (χ2n) is 4.37. The maximum Gasteiger partial charge on any atom is 0.335 e. The van der Waals surface area contributed by atoms with Crippen LogP contribution in [0.3, 0.4) is 0 Å². The van der Waals surface area contributed by atoms with Crippen LogP contribution in [0.25, 0.3) is 10.9 Å². The van der Waals surface area contributed by atoms with Gasteiger partial charge >= 0.3 is 5.97 Å². The summed E-state index contributed by atoms with van der Waals surface area (Å²) >= 11 is 0. The summed E-state index contributed by atoms with van der Waals surface area (Å²) in [5, 5.41) is 18.8. The van der Waals surface area contributed by atoms with Gasteiger partial charge in [0.2, 0.25) is 0 Å². The van der Waals surface area contributed by atoms with Gasteiger partial charge in [0.15, 0.2) is 0 Å². The molecule has 0 saturated carbocycles. The molecule has 0 aliphatic carbocycles. The molecule has 4 heteroatoms. The van der Waals surface area contributed by atoms with E-state index < -0.39 is 5.97 Å². The van der Waals surface area contributed by atoms with Gasteiger partial charge in [-0.2, -0.15) is 0 Å². The number of unbranched alkanes of at least 4 members (excludes halogenated alkanes) is 2. The molecule has 0 fully saturated rings. The molecule has 0 aliphatic rings. The fraction of sp³-hybridized carbons (Fsp3) is 0.357. The lowest BCUT2D eigenvalue weighted by atomic mass is 10.1. The van der Waals surface area contributed by atoms with Gasteiger partial charge in [0.05, 0.1) is 5.56 Å². The van der Waals surface area contributed by atoms with Gasteiger partial charge in [0.25, 0.3) is 0 Å². The van der Waals surface area contributed by atoms with Crippen molar-refractivity contribution in [3.63, 3.8) is 0 Å². The molecule has 2 aromatic rings. The number of hydrogen-bond acceptors (Lipinski definition) is 2. The van der Waals surface area contributed by atoms with Crippen LogP contribution in [0.5, 0.6) is 0 Å². The number of rotatable bonds is 6. The van der Waals surface area contributed by atoms with Crippen molar-refractivity contribution in [2.45, 2.75) is 25.8 Å². The molecule has 1 aromatic carbocycles. The number of carboxylic acids is 1. The molecule has 1 aromatic heterocycles. The summed E-state index contributed by atoms with van der Waals surface area (Å²) in [5.74, 6) is -0.898. The van der Waals surface area contributed by atoms with Crippen LogP contribution >= 0.6 is 0 Å². The topological polar surface area (TPSA) is 62.5 Å². The van der Waals surface area contributed by atoms with E-state index in [0.717, 1.165) is 36.7 Å². The molecule has 0 saturated heterocycles. The van der Waals surface area contributed by atoms with Crippen LogP contribution in [0, 0.1) is 0 Å². The summed E-state index contributed by atoms with van der Waals surface area (Å²) in [6, 6.07) is 7.17. The monoisotopic (exact) mass is 247 g/mol. The number of benzene rings is 1. The highest BCUT2D eigenvalue weighted by molar-refractivity contribution is 5.93. The van der Waals surface area contributed by atoms with Crippen molar-refractivity contribution in [2.24, 2.45) is 0 Å². The summed E-state index contributed by atoms with van der Waals surface area (Å²) in [5.41, 5.74) is 1.27. The normalized spacial score (nSPS) is 10.9. The molecule has 0 aliphatic heterocycles. The molecule has 18 heavy (non-hydrogen) atoms. The van der Waals surface area contributed by atoms with Crippen molar-refractivity contribution >= 4 is 16.9 Å². The van der Waals surface area contributed by atoms with E-state index in [-0.39, 0.29) is 6.61 Å². The minimum absolute atomic E-state index is 0.232. The van der Waals surface area contributed by atoms with Crippen molar-refractivity contribution in [1.29, 1.82) is 0 Å². The molecule has 0 atom stereocenters. The number of fused-ring (bicyclic) bond motifs is 1. The second kappa shape index (κ2) is 5.69. The van der Waals surface area contributed by atoms with E-state index in [1.807, 2.05) is 18.3 Å².